The van der Waals surface area contributed by atoms with E-state index in [1.165, 1.54) is 46.8 Å². The second-order valence-electron chi connectivity index (χ2n) is 11.3. The van der Waals surface area contributed by atoms with E-state index < -0.39 is 51.9 Å². The number of carbonyl (C=O) groups excluding carboxylic acids is 1. The fraction of sp³-hybridized carbons (Fsp3) is 0.265. The normalized spacial score (nSPS) is 17.0. The van der Waals surface area contributed by atoms with Crippen LogP contribution in [0.5, 0.6) is 5.75 Å². The summed E-state index contributed by atoms with van der Waals surface area (Å²) in [6.45, 7) is 1.05. The van der Waals surface area contributed by atoms with E-state index in [1.54, 1.807) is 42.5 Å². The van der Waals surface area contributed by atoms with E-state index in [-0.39, 0.29) is 41.1 Å². The van der Waals surface area contributed by atoms with Crippen LogP contribution in [0.3, 0.4) is 0 Å². The summed E-state index contributed by atoms with van der Waals surface area (Å²) < 4.78 is 86.7. The number of anilines is 1. The molecule has 1 amide bonds. The molecule has 0 bridgehead atoms. The van der Waals surface area contributed by atoms with Gasteiger partial charge in [-0.15, -0.1) is 13.2 Å². The number of alkyl halides is 3. The van der Waals surface area contributed by atoms with Crippen LogP contribution in [0.25, 0.3) is 0 Å². The molecule has 0 aromatic heterocycles. The maximum atomic E-state index is 15.3. The number of nitrogens with one attached hydrogen (secondary N) is 2. The lowest BCUT2D eigenvalue weighted by molar-refractivity contribution is -0.274. The maximum absolute atomic E-state index is 15.3. The molecule has 1 saturated heterocycles. The van der Waals surface area contributed by atoms with Crippen LogP contribution in [0.1, 0.15) is 29.0 Å². The van der Waals surface area contributed by atoms with E-state index in [2.05, 4.69) is 15.4 Å². The second-order valence-corrected chi connectivity index (χ2v) is 13.6. The standard InChI is InChI=1S/C34H33ClF4N4O4S/c35-24-14-12-22(13-15-24)31(23-6-4-7-26(20-23)47-34(37,38)39)32(40)33(44)42-30-11-5-10-29(36)28(30)17-16-25-21-41-18-19-43(25)48(45,46)27-8-2-1-3-9-27/h1-15,20,25,31-32,41H,16-19,21,40H2,(H,42,44)/t25-,31-,32-/m0/s1. The van der Waals surface area contributed by atoms with Crippen molar-refractivity contribution in [2.75, 3.05) is 25.0 Å². The summed E-state index contributed by atoms with van der Waals surface area (Å²) in [5.41, 5.74) is 7.57. The highest BCUT2D eigenvalue weighted by atomic mass is 35.5. The zero-order valence-electron chi connectivity index (χ0n) is 25.5. The van der Waals surface area contributed by atoms with Crippen molar-refractivity contribution in [3.05, 3.63) is 125 Å². The number of hydrogen-bond acceptors (Lipinski definition) is 6. The SMILES string of the molecule is N[C@H](C(=O)Nc1cccc(F)c1CC[C@H]1CNCCN1S(=O)(=O)c1ccccc1)[C@@H](c1ccc(Cl)cc1)c1cccc(OC(F)(F)F)c1. The number of carbonyl (C=O) groups is 1. The Kier molecular flexibility index (Phi) is 11.1. The summed E-state index contributed by atoms with van der Waals surface area (Å²) in [6.07, 6.45) is -4.60. The van der Waals surface area contributed by atoms with E-state index in [1.807, 2.05) is 0 Å². The third-order valence-corrected chi connectivity index (χ3v) is 10.3. The van der Waals surface area contributed by atoms with E-state index in [4.69, 9.17) is 17.3 Å². The minimum absolute atomic E-state index is 0.0854. The lowest BCUT2D eigenvalue weighted by Gasteiger charge is -2.35. The molecule has 0 unspecified atom stereocenters. The fourth-order valence-electron chi connectivity index (χ4n) is 5.82. The van der Waals surface area contributed by atoms with Crippen molar-refractivity contribution in [2.45, 2.75) is 42.1 Å². The van der Waals surface area contributed by atoms with Crippen molar-refractivity contribution < 1.29 is 35.5 Å². The first kappa shape index (κ1) is 35.3. The molecule has 0 spiro atoms. The summed E-state index contributed by atoms with van der Waals surface area (Å²) in [5.74, 6) is -2.76. The highest BCUT2D eigenvalue weighted by Crippen LogP contribution is 2.33. The van der Waals surface area contributed by atoms with Gasteiger partial charge in [-0.1, -0.05) is 60.1 Å². The minimum atomic E-state index is -4.93. The van der Waals surface area contributed by atoms with Crippen molar-refractivity contribution in [3.8, 4) is 5.75 Å². The Labute approximate surface area is 280 Å². The van der Waals surface area contributed by atoms with Gasteiger partial charge >= 0.3 is 6.36 Å². The van der Waals surface area contributed by atoms with Gasteiger partial charge in [0.1, 0.15) is 11.6 Å². The first-order valence-electron chi connectivity index (χ1n) is 15.1. The van der Waals surface area contributed by atoms with E-state index in [0.29, 0.717) is 23.7 Å². The van der Waals surface area contributed by atoms with Gasteiger partial charge in [-0.25, -0.2) is 12.8 Å². The fourth-order valence-corrected chi connectivity index (χ4v) is 7.63. The zero-order valence-corrected chi connectivity index (χ0v) is 27.0. The van der Waals surface area contributed by atoms with Crippen LogP contribution in [0.4, 0.5) is 23.2 Å². The number of halogens is 5. The average molecular weight is 705 g/mol. The van der Waals surface area contributed by atoms with Crippen molar-refractivity contribution in [3.63, 3.8) is 0 Å². The Morgan fingerprint density at radius 2 is 1.71 bits per heavy atom. The van der Waals surface area contributed by atoms with Gasteiger partial charge < -0.3 is 21.1 Å². The van der Waals surface area contributed by atoms with Gasteiger partial charge in [0.15, 0.2) is 0 Å². The number of benzene rings is 4. The molecule has 1 heterocycles. The zero-order chi connectivity index (χ0) is 34.5. The molecule has 0 aliphatic carbocycles. The molecule has 14 heteroatoms. The minimum Gasteiger partial charge on any atom is -0.406 e. The van der Waals surface area contributed by atoms with Crippen LogP contribution in [0.2, 0.25) is 5.02 Å². The lowest BCUT2D eigenvalue weighted by Crippen LogP contribution is -2.53. The summed E-state index contributed by atoms with van der Waals surface area (Å²) in [6, 6.07) is 21.9. The van der Waals surface area contributed by atoms with Gasteiger partial charge in [0.25, 0.3) is 0 Å². The second kappa shape index (κ2) is 15.0. The highest BCUT2D eigenvalue weighted by molar-refractivity contribution is 7.89. The first-order chi connectivity index (χ1) is 22.8. The number of rotatable bonds is 11. The van der Waals surface area contributed by atoms with Crippen LogP contribution >= 0.6 is 11.6 Å². The van der Waals surface area contributed by atoms with Gasteiger partial charge in [-0.2, -0.15) is 4.31 Å². The predicted molar refractivity (Wildman–Crippen MR) is 175 cm³/mol. The molecular formula is C34H33ClF4N4O4S. The quantitative estimate of drug-likeness (QED) is 0.164. The number of nitrogens with two attached hydrogens (primary N) is 1. The van der Waals surface area contributed by atoms with E-state index >= 15 is 4.39 Å². The Hall–Kier alpha value is -4.01. The van der Waals surface area contributed by atoms with Gasteiger partial charge in [-0.3, -0.25) is 4.79 Å². The molecule has 48 heavy (non-hydrogen) atoms. The number of hydrogen-bond donors (Lipinski definition) is 3. The van der Waals surface area contributed by atoms with Crippen LogP contribution in [0, 0.1) is 5.82 Å². The monoisotopic (exact) mass is 704 g/mol. The number of amides is 1. The summed E-state index contributed by atoms with van der Waals surface area (Å²) in [5, 5.41) is 6.30. The average Bonchev–Trinajstić information content (AvgIpc) is 3.05. The largest absolute Gasteiger partial charge is 0.573 e. The Morgan fingerprint density at radius 1 is 1.00 bits per heavy atom. The van der Waals surface area contributed by atoms with Crippen LogP contribution in [-0.2, 0) is 21.2 Å². The van der Waals surface area contributed by atoms with Crippen molar-refractivity contribution >= 4 is 33.2 Å². The Balaban J connectivity index is 1.38. The summed E-state index contributed by atoms with van der Waals surface area (Å²) in [7, 11) is -3.81. The highest BCUT2D eigenvalue weighted by Gasteiger charge is 2.35. The van der Waals surface area contributed by atoms with Crippen molar-refractivity contribution in [2.24, 2.45) is 5.73 Å². The van der Waals surface area contributed by atoms with Gasteiger partial charge in [0.2, 0.25) is 15.9 Å². The number of ether oxygens (including phenoxy) is 1. The van der Waals surface area contributed by atoms with Crippen molar-refractivity contribution in [1.82, 2.24) is 9.62 Å². The van der Waals surface area contributed by atoms with Crippen LogP contribution in [0.15, 0.2) is 102 Å². The third-order valence-electron chi connectivity index (χ3n) is 8.09. The molecule has 1 fully saturated rings. The first-order valence-corrected chi connectivity index (χ1v) is 16.9. The maximum Gasteiger partial charge on any atom is 0.573 e. The molecular weight excluding hydrogens is 672 g/mol. The van der Waals surface area contributed by atoms with Crippen molar-refractivity contribution in [1.29, 1.82) is 0 Å². The molecule has 4 aromatic rings. The van der Waals surface area contributed by atoms with Gasteiger partial charge in [0.05, 0.1) is 10.9 Å². The van der Waals surface area contributed by atoms with Crippen LogP contribution < -0.4 is 21.1 Å². The molecule has 254 valence electrons. The molecule has 4 aromatic carbocycles. The molecule has 4 N–H and O–H groups in total. The molecule has 0 saturated carbocycles. The van der Waals surface area contributed by atoms with E-state index in [9.17, 15) is 26.4 Å². The van der Waals surface area contributed by atoms with Gasteiger partial charge in [0, 0.05) is 47.9 Å². The molecule has 5 rings (SSSR count). The third kappa shape index (κ3) is 8.52. The smallest absolute Gasteiger partial charge is 0.406 e. The molecule has 3 atom stereocenters. The molecule has 1 aliphatic rings. The number of nitrogens with zero attached hydrogens (tertiary/aromatic N) is 1. The summed E-state index contributed by atoms with van der Waals surface area (Å²) >= 11 is 6.06. The molecule has 8 nitrogen and oxygen atoms in total. The summed E-state index contributed by atoms with van der Waals surface area (Å²) in [4.78, 5) is 13.9. The number of piperazine rings is 1. The predicted octanol–water partition coefficient (Wildman–Crippen LogP) is 6.07. The Morgan fingerprint density at radius 3 is 2.42 bits per heavy atom. The molecule has 0 radical (unpaired) electrons. The lowest BCUT2D eigenvalue weighted by atomic mass is 9.84. The van der Waals surface area contributed by atoms with Gasteiger partial charge in [-0.05, 0) is 72.5 Å². The van der Waals surface area contributed by atoms with E-state index in [0.717, 1.165) is 12.1 Å². The molecule has 1 aliphatic heterocycles. The topological polar surface area (TPSA) is 114 Å². The number of sulfonamides is 1. The van der Waals surface area contributed by atoms with Crippen LogP contribution in [-0.4, -0.2) is 56.7 Å². The Bertz CT molecular complexity index is 1830.